The van der Waals surface area contributed by atoms with Crippen LogP contribution in [0.3, 0.4) is 0 Å². The molecule has 112 valence electrons. The smallest absolute Gasteiger partial charge is 0.135 e. The van der Waals surface area contributed by atoms with Crippen LogP contribution in [0.4, 0.5) is 0 Å². The van der Waals surface area contributed by atoms with Crippen molar-refractivity contribution in [1.82, 2.24) is 4.90 Å². The standard InChI is InChI=1S/C17H20ClNO2/c18-16-6-2-1-5-15(16)17-8-7-14(21-17)11-19-9-3-4-13(10-19)12-20/h1-2,5-8,13,20H,3-4,9-12H2/t13-/m1/s1. The highest BCUT2D eigenvalue weighted by atomic mass is 35.5. The summed E-state index contributed by atoms with van der Waals surface area (Å²) < 4.78 is 5.93. The van der Waals surface area contributed by atoms with E-state index in [2.05, 4.69) is 4.90 Å². The van der Waals surface area contributed by atoms with Crippen molar-refractivity contribution in [2.24, 2.45) is 5.92 Å². The van der Waals surface area contributed by atoms with E-state index in [0.717, 1.165) is 49.6 Å². The lowest BCUT2D eigenvalue weighted by Gasteiger charge is -2.30. The molecule has 1 aliphatic rings. The summed E-state index contributed by atoms with van der Waals surface area (Å²) >= 11 is 6.20. The second-order valence-electron chi connectivity index (χ2n) is 5.67. The molecular weight excluding hydrogens is 286 g/mol. The Morgan fingerprint density at radius 1 is 1.24 bits per heavy atom. The third kappa shape index (κ3) is 3.49. The molecule has 0 amide bonds. The monoisotopic (exact) mass is 305 g/mol. The molecule has 3 nitrogen and oxygen atoms in total. The fourth-order valence-electron chi connectivity index (χ4n) is 2.93. The van der Waals surface area contributed by atoms with Crippen molar-refractivity contribution in [3.05, 3.63) is 47.2 Å². The number of furan rings is 1. The van der Waals surface area contributed by atoms with Gasteiger partial charge < -0.3 is 9.52 Å². The van der Waals surface area contributed by atoms with Gasteiger partial charge in [-0.1, -0.05) is 23.7 Å². The lowest BCUT2D eigenvalue weighted by Crippen LogP contribution is -2.36. The van der Waals surface area contributed by atoms with Crippen molar-refractivity contribution < 1.29 is 9.52 Å². The van der Waals surface area contributed by atoms with Crippen LogP contribution in [-0.4, -0.2) is 29.7 Å². The summed E-state index contributed by atoms with van der Waals surface area (Å²) in [7, 11) is 0. The Kier molecular flexibility index (Phi) is 4.63. The van der Waals surface area contributed by atoms with Crippen molar-refractivity contribution >= 4 is 11.6 Å². The summed E-state index contributed by atoms with van der Waals surface area (Å²) in [6, 6.07) is 11.7. The third-order valence-corrected chi connectivity index (χ3v) is 4.37. The number of likely N-dealkylation sites (tertiary alicyclic amines) is 1. The van der Waals surface area contributed by atoms with Gasteiger partial charge in [0, 0.05) is 18.7 Å². The Balaban J connectivity index is 1.69. The van der Waals surface area contributed by atoms with E-state index >= 15 is 0 Å². The Morgan fingerprint density at radius 3 is 2.90 bits per heavy atom. The van der Waals surface area contributed by atoms with Crippen LogP contribution in [-0.2, 0) is 6.54 Å². The number of halogens is 1. The van der Waals surface area contributed by atoms with E-state index in [1.54, 1.807) is 0 Å². The van der Waals surface area contributed by atoms with Gasteiger partial charge in [0.2, 0.25) is 0 Å². The highest BCUT2D eigenvalue weighted by Crippen LogP contribution is 2.29. The summed E-state index contributed by atoms with van der Waals surface area (Å²) in [5.41, 5.74) is 0.928. The van der Waals surface area contributed by atoms with Crippen LogP contribution in [0.2, 0.25) is 5.02 Å². The van der Waals surface area contributed by atoms with Gasteiger partial charge in [-0.05, 0) is 49.6 Å². The number of hydrogen-bond donors (Lipinski definition) is 1. The fraction of sp³-hybridized carbons (Fsp3) is 0.412. The van der Waals surface area contributed by atoms with Gasteiger partial charge >= 0.3 is 0 Å². The molecule has 1 N–H and O–H groups in total. The first-order valence-corrected chi connectivity index (χ1v) is 7.81. The molecule has 1 saturated heterocycles. The maximum absolute atomic E-state index is 9.29. The first-order valence-electron chi connectivity index (χ1n) is 7.43. The molecule has 1 fully saturated rings. The Morgan fingerprint density at radius 2 is 2.10 bits per heavy atom. The summed E-state index contributed by atoms with van der Waals surface area (Å²) in [6.07, 6.45) is 2.26. The minimum Gasteiger partial charge on any atom is -0.460 e. The molecule has 1 aromatic carbocycles. The zero-order valence-electron chi connectivity index (χ0n) is 12.0. The quantitative estimate of drug-likeness (QED) is 0.933. The van der Waals surface area contributed by atoms with E-state index < -0.39 is 0 Å². The molecule has 2 heterocycles. The van der Waals surface area contributed by atoms with Crippen molar-refractivity contribution in [3.63, 3.8) is 0 Å². The predicted octanol–water partition coefficient (Wildman–Crippen LogP) is 3.80. The van der Waals surface area contributed by atoms with Gasteiger partial charge in [-0.15, -0.1) is 0 Å². The average molecular weight is 306 g/mol. The summed E-state index contributed by atoms with van der Waals surface area (Å²) in [4.78, 5) is 2.35. The Hall–Kier alpha value is -1.29. The summed E-state index contributed by atoms with van der Waals surface area (Å²) in [5, 5.41) is 10.00. The fourth-order valence-corrected chi connectivity index (χ4v) is 3.16. The third-order valence-electron chi connectivity index (χ3n) is 4.04. The van der Waals surface area contributed by atoms with Gasteiger partial charge in [0.1, 0.15) is 11.5 Å². The number of piperidine rings is 1. The topological polar surface area (TPSA) is 36.6 Å². The van der Waals surface area contributed by atoms with Crippen molar-refractivity contribution in [3.8, 4) is 11.3 Å². The van der Waals surface area contributed by atoms with Crippen LogP contribution in [0.5, 0.6) is 0 Å². The highest BCUT2D eigenvalue weighted by molar-refractivity contribution is 6.33. The Labute approximate surface area is 130 Å². The molecular formula is C17H20ClNO2. The van der Waals surface area contributed by atoms with E-state index in [9.17, 15) is 5.11 Å². The van der Waals surface area contributed by atoms with E-state index in [-0.39, 0.29) is 6.61 Å². The van der Waals surface area contributed by atoms with Crippen LogP contribution in [0.15, 0.2) is 40.8 Å². The van der Waals surface area contributed by atoms with Gasteiger partial charge in [0.25, 0.3) is 0 Å². The van der Waals surface area contributed by atoms with Crippen LogP contribution in [0, 0.1) is 5.92 Å². The Bertz CT molecular complexity index is 596. The molecule has 0 saturated carbocycles. The number of nitrogens with zero attached hydrogens (tertiary/aromatic N) is 1. The normalized spacial score (nSPS) is 19.8. The number of aliphatic hydroxyl groups excluding tert-OH is 1. The van der Waals surface area contributed by atoms with Crippen molar-refractivity contribution in [2.75, 3.05) is 19.7 Å². The van der Waals surface area contributed by atoms with Crippen LogP contribution in [0.25, 0.3) is 11.3 Å². The van der Waals surface area contributed by atoms with Gasteiger partial charge in [0.05, 0.1) is 11.6 Å². The van der Waals surface area contributed by atoms with Gasteiger partial charge in [-0.2, -0.15) is 0 Å². The first-order chi connectivity index (χ1) is 10.3. The largest absolute Gasteiger partial charge is 0.460 e. The lowest BCUT2D eigenvalue weighted by atomic mass is 9.99. The van der Waals surface area contributed by atoms with Gasteiger partial charge in [-0.25, -0.2) is 0 Å². The highest BCUT2D eigenvalue weighted by Gasteiger charge is 2.20. The minimum absolute atomic E-state index is 0.277. The maximum atomic E-state index is 9.29. The second-order valence-corrected chi connectivity index (χ2v) is 6.08. The van der Waals surface area contributed by atoms with E-state index in [4.69, 9.17) is 16.0 Å². The molecule has 21 heavy (non-hydrogen) atoms. The summed E-state index contributed by atoms with van der Waals surface area (Å²) in [6.45, 7) is 3.08. The van der Waals surface area contributed by atoms with E-state index in [0.29, 0.717) is 10.9 Å². The van der Waals surface area contributed by atoms with Crippen molar-refractivity contribution in [1.29, 1.82) is 0 Å². The molecule has 3 rings (SSSR count). The van der Waals surface area contributed by atoms with Crippen LogP contribution in [0.1, 0.15) is 18.6 Å². The van der Waals surface area contributed by atoms with Gasteiger partial charge in [0.15, 0.2) is 0 Å². The van der Waals surface area contributed by atoms with Gasteiger partial charge in [-0.3, -0.25) is 4.90 Å². The molecule has 0 aliphatic carbocycles. The number of rotatable bonds is 4. The number of benzene rings is 1. The molecule has 1 aliphatic heterocycles. The molecule has 1 aromatic heterocycles. The second kappa shape index (κ2) is 6.65. The molecule has 2 aromatic rings. The van der Waals surface area contributed by atoms with Crippen LogP contribution >= 0.6 is 11.6 Å². The molecule has 0 radical (unpaired) electrons. The van der Waals surface area contributed by atoms with E-state index in [1.165, 1.54) is 0 Å². The molecule has 0 spiro atoms. The number of hydrogen-bond acceptors (Lipinski definition) is 3. The van der Waals surface area contributed by atoms with E-state index in [1.807, 2.05) is 36.4 Å². The number of aliphatic hydroxyl groups is 1. The van der Waals surface area contributed by atoms with Crippen LogP contribution < -0.4 is 0 Å². The molecule has 0 bridgehead atoms. The lowest BCUT2D eigenvalue weighted by molar-refractivity contribution is 0.110. The molecule has 0 unspecified atom stereocenters. The first kappa shape index (κ1) is 14.6. The maximum Gasteiger partial charge on any atom is 0.135 e. The predicted molar refractivity (Wildman–Crippen MR) is 84.2 cm³/mol. The zero-order chi connectivity index (χ0) is 14.7. The molecule has 1 atom stereocenters. The summed E-state index contributed by atoms with van der Waals surface area (Å²) in [5.74, 6) is 2.16. The SMILES string of the molecule is OC[C@@H]1CCCN(Cc2ccc(-c3ccccc3Cl)o2)C1. The molecule has 4 heteroatoms. The van der Waals surface area contributed by atoms with Crippen molar-refractivity contribution in [2.45, 2.75) is 19.4 Å². The zero-order valence-corrected chi connectivity index (χ0v) is 12.7. The minimum atomic E-state index is 0.277. The average Bonchev–Trinajstić information content (AvgIpc) is 2.96.